The highest BCUT2D eigenvalue weighted by molar-refractivity contribution is 5.93. The van der Waals surface area contributed by atoms with Crippen molar-refractivity contribution in [2.24, 2.45) is 0 Å². The molecule has 0 saturated heterocycles. The Labute approximate surface area is 153 Å². The number of hydrogen-bond acceptors (Lipinski definition) is 6. The van der Waals surface area contributed by atoms with Crippen molar-refractivity contribution in [1.29, 1.82) is 0 Å². The number of carbonyl (C=O) groups is 1. The normalized spacial score (nSPS) is 11.1. The molecule has 0 fully saturated rings. The lowest BCUT2D eigenvalue weighted by Gasteiger charge is -2.07. The number of para-hydroxylation sites is 1. The lowest BCUT2D eigenvalue weighted by atomic mass is 10.0. The van der Waals surface area contributed by atoms with Gasteiger partial charge in [0, 0.05) is 17.7 Å². The van der Waals surface area contributed by atoms with E-state index in [1.165, 1.54) is 42.5 Å². The van der Waals surface area contributed by atoms with E-state index in [1.54, 1.807) is 13.0 Å². The van der Waals surface area contributed by atoms with Gasteiger partial charge < -0.3 is 9.84 Å². The van der Waals surface area contributed by atoms with E-state index in [0.29, 0.717) is 5.75 Å². The van der Waals surface area contributed by atoms with E-state index in [2.05, 4.69) is 0 Å². The summed E-state index contributed by atoms with van der Waals surface area (Å²) in [7, 11) is 0. The van der Waals surface area contributed by atoms with E-state index in [0.717, 1.165) is 5.57 Å². The third-order valence-corrected chi connectivity index (χ3v) is 3.72. The lowest BCUT2D eigenvalue weighted by molar-refractivity contribution is -0.385. The van der Waals surface area contributed by atoms with Crippen molar-refractivity contribution >= 4 is 17.3 Å². The first-order chi connectivity index (χ1) is 12.8. The molecule has 0 aromatic heterocycles. The fourth-order valence-electron chi connectivity index (χ4n) is 2.35. The first-order valence-corrected chi connectivity index (χ1v) is 7.82. The highest BCUT2D eigenvalue weighted by Gasteiger charge is 2.23. The summed E-state index contributed by atoms with van der Waals surface area (Å²) in [5.74, 6) is -0.905. The summed E-state index contributed by atoms with van der Waals surface area (Å²) < 4.78 is 5.51. The predicted molar refractivity (Wildman–Crippen MR) is 96.1 cm³/mol. The molecule has 9 nitrogen and oxygen atoms in total. The number of allylic oxidation sites excluding steroid dienone is 1. The average Bonchev–Trinajstić information content (AvgIpc) is 2.64. The van der Waals surface area contributed by atoms with Gasteiger partial charge in [-0.2, -0.15) is 0 Å². The molecular weight excluding hydrogens is 356 g/mol. The van der Waals surface area contributed by atoms with Crippen LogP contribution in [0.3, 0.4) is 0 Å². The average molecular weight is 372 g/mol. The summed E-state index contributed by atoms with van der Waals surface area (Å²) in [5, 5.41) is 30.9. The summed E-state index contributed by atoms with van der Waals surface area (Å²) in [4.78, 5) is 31.8. The maximum absolute atomic E-state index is 11.2. The third-order valence-electron chi connectivity index (χ3n) is 3.72. The maximum atomic E-state index is 11.2. The molecule has 0 aliphatic heterocycles. The lowest BCUT2D eigenvalue weighted by Crippen LogP contribution is -2.06. The van der Waals surface area contributed by atoms with Gasteiger partial charge >= 0.3 is 5.97 Å². The molecule has 2 aromatic rings. The number of aromatic carboxylic acids is 1. The van der Waals surface area contributed by atoms with Crippen LogP contribution in [0.2, 0.25) is 0 Å². The minimum Gasteiger partial charge on any atom is -0.489 e. The molecule has 140 valence electrons. The molecule has 2 aromatic carbocycles. The zero-order valence-electron chi connectivity index (χ0n) is 14.3. The molecule has 27 heavy (non-hydrogen) atoms. The second-order valence-electron chi connectivity index (χ2n) is 5.67. The van der Waals surface area contributed by atoms with E-state index < -0.39 is 21.5 Å². The molecule has 0 amide bonds. The largest absolute Gasteiger partial charge is 0.489 e. The molecule has 0 radical (unpaired) electrons. The second-order valence-corrected chi connectivity index (χ2v) is 5.67. The molecule has 9 heteroatoms. The Hall–Kier alpha value is -3.75. The number of non-ortho nitro benzene ring substituents is 1. The zero-order valence-corrected chi connectivity index (χ0v) is 14.3. The number of rotatable bonds is 8. The first kappa shape index (κ1) is 19.6. The molecule has 0 atom stereocenters. The molecule has 2 rings (SSSR count). The molecule has 0 aliphatic rings. The van der Waals surface area contributed by atoms with Crippen LogP contribution < -0.4 is 4.74 Å². The van der Waals surface area contributed by atoms with Crippen molar-refractivity contribution in [2.45, 2.75) is 13.3 Å². The van der Waals surface area contributed by atoms with Crippen LogP contribution >= 0.6 is 0 Å². The van der Waals surface area contributed by atoms with E-state index in [1.807, 2.05) is 0 Å². The number of ether oxygens (including phenoxy) is 1. The van der Waals surface area contributed by atoms with Crippen LogP contribution in [0.4, 0.5) is 11.4 Å². The van der Waals surface area contributed by atoms with Crippen LogP contribution in [-0.2, 0) is 6.42 Å². The van der Waals surface area contributed by atoms with E-state index in [9.17, 15) is 25.0 Å². The summed E-state index contributed by atoms with van der Waals surface area (Å²) in [6.07, 6.45) is 1.88. The summed E-state index contributed by atoms with van der Waals surface area (Å²) >= 11 is 0. The fraction of sp³-hybridized carbons (Fsp3) is 0.167. The van der Waals surface area contributed by atoms with Gasteiger partial charge in [0.1, 0.15) is 17.9 Å². The Balaban J connectivity index is 2.07. The monoisotopic (exact) mass is 372 g/mol. The number of carboxylic acids is 1. The van der Waals surface area contributed by atoms with Gasteiger partial charge in [-0.05, 0) is 37.1 Å². The number of carboxylic acid groups (broad SMARTS) is 1. The van der Waals surface area contributed by atoms with Crippen LogP contribution in [0.25, 0.3) is 0 Å². The van der Waals surface area contributed by atoms with Crippen LogP contribution in [-0.4, -0.2) is 27.5 Å². The quantitative estimate of drug-likeness (QED) is 0.423. The van der Waals surface area contributed by atoms with Crippen molar-refractivity contribution in [3.8, 4) is 5.75 Å². The standard InChI is InChI=1S/C18H16N2O7/c1-12(11-27-15-9-7-14(8-10-15)19(23)24)5-6-13-3-2-4-16(18(21)22)17(13)20(25)26/h2-5,7-10H,6,11H2,1H3,(H,21,22). The van der Waals surface area contributed by atoms with Crippen LogP contribution in [0.5, 0.6) is 5.75 Å². The molecule has 0 saturated carbocycles. The van der Waals surface area contributed by atoms with Crippen molar-refractivity contribution in [2.75, 3.05) is 6.61 Å². The molecule has 1 N–H and O–H groups in total. The van der Waals surface area contributed by atoms with Crippen LogP contribution in [0, 0.1) is 20.2 Å². The van der Waals surface area contributed by atoms with Crippen LogP contribution in [0.15, 0.2) is 54.1 Å². The number of nitro benzene ring substituents is 2. The minimum atomic E-state index is -1.36. The summed E-state index contributed by atoms with van der Waals surface area (Å²) in [5.41, 5.74) is 0.231. The fourth-order valence-corrected chi connectivity index (χ4v) is 2.35. The Morgan fingerprint density at radius 1 is 1.11 bits per heavy atom. The Morgan fingerprint density at radius 2 is 1.78 bits per heavy atom. The van der Waals surface area contributed by atoms with Crippen molar-refractivity contribution in [1.82, 2.24) is 0 Å². The maximum Gasteiger partial charge on any atom is 0.342 e. The van der Waals surface area contributed by atoms with E-state index >= 15 is 0 Å². The topological polar surface area (TPSA) is 133 Å². The van der Waals surface area contributed by atoms with Gasteiger partial charge in [0.05, 0.1) is 9.85 Å². The Bertz CT molecular complexity index is 904. The van der Waals surface area contributed by atoms with Gasteiger partial charge in [-0.1, -0.05) is 18.2 Å². The molecule has 0 aliphatic carbocycles. The highest BCUT2D eigenvalue weighted by atomic mass is 16.6. The van der Waals surface area contributed by atoms with Gasteiger partial charge in [0.25, 0.3) is 11.4 Å². The van der Waals surface area contributed by atoms with Gasteiger partial charge in [-0.3, -0.25) is 20.2 Å². The van der Waals surface area contributed by atoms with Crippen LogP contribution in [0.1, 0.15) is 22.8 Å². The summed E-state index contributed by atoms with van der Waals surface area (Å²) in [6.45, 7) is 1.95. The molecule has 0 bridgehead atoms. The smallest absolute Gasteiger partial charge is 0.342 e. The van der Waals surface area contributed by atoms with Crippen molar-refractivity contribution < 1.29 is 24.5 Å². The Kier molecular flexibility index (Phi) is 6.21. The minimum absolute atomic E-state index is 0.0414. The predicted octanol–water partition coefficient (Wildman–Crippen LogP) is 3.77. The van der Waals surface area contributed by atoms with Gasteiger partial charge in [0.15, 0.2) is 0 Å². The number of hydrogen-bond donors (Lipinski definition) is 1. The van der Waals surface area contributed by atoms with E-state index in [4.69, 9.17) is 9.84 Å². The molecular formula is C18H16N2O7. The first-order valence-electron chi connectivity index (χ1n) is 7.82. The second kappa shape index (κ2) is 8.56. The highest BCUT2D eigenvalue weighted by Crippen LogP contribution is 2.25. The van der Waals surface area contributed by atoms with Gasteiger partial charge in [0.2, 0.25) is 0 Å². The molecule has 0 spiro atoms. The third kappa shape index (κ3) is 5.11. The van der Waals surface area contributed by atoms with Crippen molar-refractivity contribution in [3.05, 3.63) is 85.5 Å². The number of benzene rings is 2. The molecule has 0 heterocycles. The summed E-state index contributed by atoms with van der Waals surface area (Å²) in [6, 6.07) is 9.77. The van der Waals surface area contributed by atoms with Gasteiger partial charge in [-0.25, -0.2) is 4.79 Å². The Morgan fingerprint density at radius 3 is 2.33 bits per heavy atom. The zero-order chi connectivity index (χ0) is 20.0. The number of nitrogens with zero attached hydrogens (tertiary/aromatic N) is 2. The van der Waals surface area contributed by atoms with Gasteiger partial charge in [-0.15, -0.1) is 0 Å². The molecule has 0 unspecified atom stereocenters. The van der Waals surface area contributed by atoms with E-state index in [-0.39, 0.29) is 29.8 Å². The number of nitro groups is 2. The van der Waals surface area contributed by atoms with Crippen molar-refractivity contribution in [3.63, 3.8) is 0 Å². The SMILES string of the molecule is CC(=CCc1cccc(C(=O)O)c1[N+](=O)[O-])COc1ccc([N+](=O)[O-])cc1.